The molecule has 31 heavy (non-hydrogen) atoms. The molecule has 0 fully saturated rings. The Bertz CT molecular complexity index is 1030. The van der Waals surface area contributed by atoms with Crippen LogP contribution in [0.25, 0.3) is 0 Å². The third kappa shape index (κ3) is 6.05. The first kappa shape index (κ1) is 24.4. The molecule has 11 heteroatoms. The van der Waals surface area contributed by atoms with Gasteiger partial charge in [-0.15, -0.1) is 0 Å². The molecule has 0 unspecified atom stereocenters. The van der Waals surface area contributed by atoms with Crippen LogP contribution in [0, 0.1) is 0 Å². The number of carbonyl (C=O) groups excluding carboxylic acids is 2. The summed E-state index contributed by atoms with van der Waals surface area (Å²) in [6.45, 7) is 3.16. The molecule has 0 aromatic heterocycles. The smallest absolute Gasteiger partial charge is 0.418 e. The molecule has 0 heterocycles. The number of rotatable bonds is 8. The summed E-state index contributed by atoms with van der Waals surface area (Å²) in [6, 6.07) is 9.35. The Morgan fingerprint density at radius 1 is 1.00 bits per heavy atom. The van der Waals surface area contributed by atoms with Gasteiger partial charge in [0.1, 0.15) is 0 Å². The second-order valence-corrected chi connectivity index (χ2v) is 8.22. The molecule has 0 bridgehead atoms. The maximum Gasteiger partial charge on any atom is 0.418 e. The average Bonchev–Trinajstić information content (AvgIpc) is 2.72. The van der Waals surface area contributed by atoms with Crippen LogP contribution < -0.4 is 5.32 Å². The van der Waals surface area contributed by atoms with Crippen molar-refractivity contribution in [2.45, 2.75) is 24.9 Å². The average molecular weight is 458 g/mol. The molecule has 0 saturated carbocycles. The molecule has 1 N–H and O–H groups in total. The molecule has 0 aliphatic heterocycles. The number of esters is 1. The molecule has 1 amide bonds. The van der Waals surface area contributed by atoms with Crippen molar-refractivity contribution in [3.05, 3.63) is 59.7 Å². The van der Waals surface area contributed by atoms with Crippen molar-refractivity contribution in [1.82, 2.24) is 4.31 Å². The lowest BCUT2D eigenvalue weighted by Crippen LogP contribution is -2.30. The minimum Gasteiger partial charge on any atom is -0.452 e. The number of hydrogen-bond donors (Lipinski definition) is 1. The van der Waals surface area contributed by atoms with Gasteiger partial charge in [0.25, 0.3) is 5.91 Å². The summed E-state index contributed by atoms with van der Waals surface area (Å²) < 4.78 is 69.8. The van der Waals surface area contributed by atoms with E-state index in [4.69, 9.17) is 4.74 Å². The van der Waals surface area contributed by atoms with Crippen LogP contribution in [-0.2, 0) is 25.7 Å². The highest BCUT2D eigenvalue weighted by atomic mass is 32.2. The van der Waals surface area contributed by atoms with Gasteiger partial charge in [-0.05, 0) is 36.4 Å². The van der Waals surface area contributed by atoms with Crippen LogP contribution in [0.2, 0.25) is 0 Å². The number of alkyl halides is 3. The zero-order valence-electron chi connectivity index (χ0n) is 16.8. The van der Waals surface area contributed by atoms with E-state index in [9.17, 15) is 31.2 Å². The van der Waals surface area contributed by atoms with Crippen LogP contribution in [0.3, 0.4) is 0 Å². The summed E-state index contributed by atoms with van der Waals surface area (Å²) in [5.74, 6) is -1.88. The zero-order valence-corrected chi connectivity index (χ0v) is 17.6. The van der Waals surface area contributed by atoms with E-state index in [1.165, 1.54) is 40.7 Å². The lowest BCUT2D eigenvalue weighted by atomic mass is 10.1. The first-order valence-electron chi connectivity index (χ1n) is 9.24. The van der Waals surface area contributed by atoms with Crippen molar-refractivity contribution in [2.75, 3.05) is 25.0 Å². The minimum absolute atomic E-state index is 0.00532. The summed E-state index contributed by atoms with van der Waals surface area (Å²) >= 11 is 0. The molecule has 7 nitrogen and oxygen atoms in total. The third-order valence-electron chi connectivity index (χ3n) is 4.27. The van der Waals surface area contributed by atoms with E-state index >= 15 is 0 Å². The molecule has 0 saturated heterocycles. The van der Waals surface area contributed by atoms with Gasteiger partial charge >= 0.3 is 12.1 Å². The van der Waals surface area contributed by atoms with Gasteiger partial charge in [0.2, 0.25) is 10.0 Å². The number of anilines is 1. The van der Waals surface area contributed by atoms with Crippen molar-refractivity contribution in [1.29, 1.82) is 0 Å². The molecule has 0 radical (unpaired) electrons. The summed E-state index contributed by atoms with van der Waals surface area (Å²) in [5.41, 5.74) is -1.50. The monoisotopic (exact) mass is 458 g/mol. The third-order valence-corrected chi connectivity index (χ3v) is 6.34. The number of sulfonamides is 1. The highest BCUT2D eigenvalue weighted by Gasteiger charge is 2.33. The number of amides is 1. The Kier molecular flexibility index (Phi) is 7.80. The van der Waals surface area contributed by atoms with Crippen LogP contribution in [0.5, 0.6) is 0 Å². The molecular weight excluding hydrogens is 437 g/mol. The van der Waals surface area contributed by atoms with E-state index in [0.717, 1.165) is 12.1 Å². The maximum absolute atomic E-state index is 13.0. The lowest BCUT2D eigenvalue weighted by Gasteiger charge is -2.18. The van der Waals surface area contributed by atoms with Crippen LogP contribution in [-0.4, -0.2) is 44.3 Å². The van der Waals surface area contributed by atoms with Gasteiger partial charge in [-0.3, -0.25) is 4.79 Å². The predicted octanol–water partition coefficient (Wildman–Crippen LogP) is 3.53. The van der Waals surface area contributed by atoms with Gasteiger partial charge in [0, 0.05) is 13.1 Å². The Hall–Kier alpha value is -2.92. The number of nitrogens with one attached hydrogen (secondary N) is 1. The van der Waals surface area contributed by atoms with Crippen molar-refractivity contribution in [2.24, 2.45) is 0 Å². The molecule has 168 valence electrons. The van der Waals surface area contributed by atoms with E-state index in [1.807, 2.05) is 0 Å². The quantitative estimate of drug-likeness (QED) is 0.611. The van der Waals surface area contributed by atoms with E-state index in [-0.39, 0.29) is 23.5 Å². The fraction of sp³-hybridized carbons (Fsp3) is 0.300. The zero-order chi connectivity index (χ0) is 23.2. The van der Waals surface area contributed by atoms with Crippen molar-refractivity contribution in [3.8, 4) is 0 Å². The molecule has 2 aromatic rings. The van der Waals surface area contributed by atoms with Gasteiger partial charge in [-0.25, -0.2) is 13.2 Å². The fourth-order valence-electron chi connectivity index (χ4n) is 2.72. The van der Waals surface area contributed by atoms with E-state index < -0.39 is 45.9 Å². The molecule has 2 aromatic carbocycles. The Labute approximate surface area is 177 Å². The Balaban J connectivity index is 2.02. The first-order valence-corrected chi connectivity index (χ1v) is 10.7. The summed E-state index contributed by atoms with van der Waals surface area (Å²) in [4.78, 5) is 24.0. The van der Waals surface area contributed by atoms with Crippen molar-refractivity contribution < 1.29 is 35.9 Å². The molecule has 0 atom stereocenters. The molecular formula is C20H21F3N2O5S. The standard InChI is InChI=1S/C20H21F3N2O5S/c1-3-25(4-2)31(28,29)15-11-9-14(10-12-15)19(27)30-13-18(26)24-17-8-6-5-7-16(17)20(21,22)23/h5-12H,3-4,13H2,1-2H3,(H,24,26). The van der Waals surface area contributed by atoms with Crippen LogP contribution in [0.4, 0.5) is 18.9 Å². The highest BCUT2D eigenvalue weighted by molar-refractivity contribution is 7.89. The van der Waals surface area contributed by atoms with Crippen LogP contribution in [0.15, 0.2) is 53.4 Å². The minimum atomic E-state index is -4.66. The predicted molar refractivity (Wildman–Crippen MR) is 107 cm³/mol. The number of hydrogen-bond acceptors (Lipinski definition) is 5. The van der Waals surface area contributed by atoms with E-state index in [1.54, 1.807) is 13.8 Å². The van der Waals surface area contributed by atoms with Gasteiger partial charge in [-0.1, -0.05) is 26.0 Å². The summed E-state index contributed by atoms with van der Waals surface area (Å²) in [6.07, 6.45) is -4.66. The van der Waals surface area contributed by atoms with Crippen LogP contribution >= 0.6 is 0 Å². The van der Waals surface area contributed by atoms with E-state index in [0.29, 0.717) is 0 Å². The fourth-order valence-corrected chi connectivity index (χ4v) is 4.17. The SMILES string of the molecule is CCN(CC)S(=O)(=O)c1ccc(C(=O)OCC(=O)Nc2ccccc2C(F)(F)F)cc1. The normalized spacial score (nSPS) is 11.9. The second kappa shape index (κ2) is 9.92. The number of benzene rings is 2. The topological polar surface area (TPSA) is 92.8 Å². The largest absolute Gasteiger partial charge is 0.452 e. The number of nitrogens with zero attached hydrogens (tertiary/aromatic N) is 1. The van der Waals surface area contributed by atoms with Crippen molar-refractivity contribution in [3.63, 3.8) is 0 Å². The number of para-hydroxylation sites is 1. The molecule has 2 rings (SSSR count). The summed E-state index contributed by atoms with van der Waals surface area (Å²) in [5, 5.41) is 2.06. The first-order chi connectivity index (χ1) is 14.5. The van der Waals surface area contributed by atoms with Gasteiger partial charge in [0.05, 0.1) is 21.7 Å². The summed E-state index contributed by atoms with van der Waals surface area (Å²) in [7, 11) is -3.69. The lowest BCUT2D eigenvalue weighted by molar-refractivity contribution is -0.137. The number of carbonyl (C=O) groups is 2. The molecule has 0 aliphatic carbocycles. The maximum atomic E-state index is 13.0. The Morgan fingerprint density at radius 2 is 1.58 bits per heavy atom. The second-order valence-electron chi connectivity index (χ2n) is 6.28. The van der Waals surface area contributed by atoms with Gasteiger partial charge in [0.15, 0.2) is 6.61 Å². The highest BCUT2D eigenvalue weighted by Crippen LogP contribution is 2.34. The molecule has 0 aliphatic rings. The van der Waals surface area contributed by atoms with Crippen LogP contribution in [0.1, 0.15) is 29.8 Å². The van der Waals surface area contributed by atoms with Gasteiger partial charge < -0.3 is 10.1 Å². The van der Waals surface area contributed by atoms with Crippen molar-refractivity contribution >= 4 is 27.6 Å². The number of ether oxygens (including phenoxy) is 1. The van der Waals surface area contributed by atoms with Gasteiger partial charge in [-0.2, -0.15) is 17.5 Å². The van der Waals surface area contributed by atoms with E-state index in [2.05, 4.69) is 5.32 Å². The number of halogens is 3. The molecule has 0 spiro atoms. The Morgan fingerprint density at radius 3 is 2.13 bits per heavy atom.